The highest BCUT2D eigenvalue weighted by atomic mass is 16.7. The van der Waals surface area contributed by atoms with E-state index in [4.69, 9.17) is 37.9 Å². The first-order valence-electron chi connectivity index (χ1n) is 19.2. The van der Waals surface area contributed by atoms with Crippen molar-refractivity contribution in [3.63, 3.8) is 0 Å². The number of nitrogens with zero attached hydrogens (tertiary/aromatic N) is 2. The minimum Gasteiger partial charge on any atom is -0.493 e. The van der Waals surface area contributed by atoms with Crippen molar-refractivity contribution in [3.05, 3.63) is 82.9 Å². The maximum Gasteiger partial charge on any atom is 0.331 e. The standard InChI is InChI=1S/C43H56N2O10/c1-6-7-8-18-44(29-32-12-14-37-41(26-32)55-30-54-37)19-9-22-52-42(46)15-16-43(47)53-23-10-20-45-21-17-33-27-39(50-4)40(51-5)28-34(33)35(45)24-31-11-13-36(48-2)38(25-31)49-3/h11-16,25-28,35H,6-10,17-24,29-30H2,1-5H3/b16-15-/t35-/m1/s1. The van der Waals surface area contributed by atoms with Gasteiger partial charge in [-0.05, 0) is 97.3 Å². The molecule has 2 aliphatic rings. The Kier molecular flexibility index (Phi) is 15.9. The third kappa shape index (κ3) is 11.8. The van der Waals surface area contributed by atoms with Crippen LogP contribution in [-0.2, 0) is 38.4 Å². The molecule has 0 aliphatic carbocycles. The lowest BCUT2D eigenvalue weighted by Crippen LogP contribution is -2.37. The van der Waals surface area contributed by atoms with Crippen LogP contribution in [0.15, 0.2) is 60.7 Å². The highest BCUT2D eigenvalue weighted by molar-refractivity contribution is 5.91. The molecule has 298 valence electrons. The van der Waals surface area contributed by atoms with E-state index in [1.807, 2.05) is 24.3 Å². The molecule has 0 unspecified atom stereocenters. The topological polar surface area (TPSA) is 114 Å². The number of methoxy groups -OCH3 is 4. The van der Waals surface area contributed by atoms with Crippen LogP contribution in [0, 0.1) is 0 Å². The Morgan fingerprint density at radius 3 is 2.13 bits per heavy atom. The summed E-state index contributed by atoms with van der Waals surface area (Å²) < 4.78 is 44.1. The van der Waals surface area contributed by atoms with Crippen molar-refractivity contribution in [1.29, 1.82) is 0 Å². The first-order chi connectivity index (χ1) is 26.8. The van der Waals surface area contributed by atoms with E-state index in [0.29, 0.717) is 42.4 Å². The van der Waals surface area contributed by atoms with Crippen molar-refractivity contribution in [2.45, 2.75) is 64.5 Å². The zero-order chi connectivity index (χ0) is 39.0. The van der Waals surface area contributed by atoms with Crippen LogP contribution in [0.3, 0.4) is 0 Å². The molecule has 55 heavy (non-hydrogen) atoms. The average Bonchev–Trinajstić information content (AvgIpc) is 3.68. The SMILES string of the molecule is CCCCCN(CCCOC(=O)/C=C\C(=O)OCCCN1CCc2cc(OC)c(OC)cc2[C@H]1Cc1ccc(OC)c(OC)c1)Cc1ccc2c(c1)OCO2. The number of ether oxygens (including phenoxy) is 8. The van der Waals surface area contributed by atoms with Crippen LogP contribution in [0.1, 0.15) is 67.3 Å². The van der Waals surface area contributed by atoms with E-state index in [9.17, 15) is 9.59 Å². The lowest BCUT2D eigenvalue weighted by molar-refractivity contribution is -0.140. The number of hydrogen-bond acceptors (Lipinski definition) is 12. The normalized spacial score (nSPS) is 14.8. The summed E-state index contributed by atoms with van der Waals surface area (Å²) >= 11 is 0. The number of esters is 2. The van der Waals surface area contributed by atoms with Crippen LogP contribution in [0.5, 0.6) is 34.5 Å². The second kappa shape index (κ2) is 21.2. The highest BCUT2D eigenvalue weighted by Crippen LogP contribution is 2.40. The van der Waals surface area contributed by atoms with Gasteiger partial charge in [0.2, 0.25) is 6.79 Å². The number of hydrogen-bond donors (Lipinski definition) is 0. The fourth-order valence-electron chi connectivity index (χ4n) is 7.10. The van der Waals surface area contributed by atoms with Crippen LogP contribution in [-0.4, -0.2) is 96.4 Å². The molecule has 3 aromatic carbocycles. The van der Waals surface area contributed by atoms with Crippen molar-refractivity contribution < 1.29 is 47.5 Å². The summed E-state index contributed by atoms with van der Waals surface area (Å²) in [5, 5.41) is 0. The number of benzene rings is 3. The number of fused-ring (bicyclic) bond motifs is 2. The molecule has 0 amide bonds. The Hall–Kier alpha value is -4.94. The molecule has 0 N–H and O–H groups in total. The van der Waals surface area contributed by atoms with Gasteiger partial charge in [-0.25, -0.2) is 9.59 Å². The van der Waals surface area contributed by atoms with Crippen LogP contribution in [0.2, 0.25) is 0 Å². The van der Waals surface area contributed by atoms with Crippen molar-refractivity contribution in [1.82, 2.24) is 9.80 Å². The van der Waals surface area contributed by atoms with Gasteiger partial charge in [0.1, 0.15) is 0 Å². The molecule has 3 aromatic rings. The van der Waals surface area contributed by atoms with Gasteiger partial charge in [-0.2, -0.15) is 0 Å². The van der Waals surface area contributed by atoms with Gasteiger partial charge in [-0.1, -0.05) is 31.9 Å². The molecule has 0 saturated carbocycles. The van der Waals surface area contributed by atoms with Gasteiger partial charge in [0.05, 0.1) is 41.7 Å². The molecule has 2 aliphatic heterocycles. The molecule has 12 nitrogen and oxygen atoms in total. The molecular formula is C43H56N2O10. The molecule has 0 bridgehead atoms. The second-order valence-corrected chi connectivity index (χ2v) is 13.6. The second-order valence-electron chi connectivity index (χ2n) is 13.6. The largest absolute Gasteiger partial charge is 0.493 e. The molecule has 1 atom stereocenters. The molecule has 0 aromatic heterocycles. The quantitative estimate of drug-likeness (QED) is 0.0617. The number of rotatable bonds is 22. The van der Waals surface area contributed by atoms with Gasteiger partial charge in [-0.3, -0.25) is 9.80 Å². The first kappa shape index (κ1) is 41.2. The Morgan fingerprint density at radius 1 is 0.745 bits per heavy atom. The lowest BCUT2D eigenvalue weighted by Gasteiger charge is -2.38. The zero-order valence-corrected chi connectivity index (χ0v) is 32.9. The van der Waals surface area contributed by atoms with Crippen molar-refractivity contribution in [3.8, 4) is 34.5 Å². The summed E-state index contributed by atoms with van der Waals surface area (Å²) in [6.07, 6.45) is 8.54. The van der Waals surface area contributed by atoms with Crippen molar-refractivity contribution >= 4 is 11.9 Å². The van der Waals surface area contributed by atoms with Gasteiger partial charge in [-0.15, -0.1) is 0 Å². The number of unbranched alkanes of at least 4 members (excludes halogenated alkanes) is 2. The minimum atomic E-state index is -0.578. The van der Waals surface area contributed by atoms with Gasteiger partial charge in [0, 0.05) is 44.4 Å². The summed E-state index contributed by atoms with van der Waals surface area (Å²) in [4.78, 5) is 29.7. The summed E-state index contributed by atoms with van der Waals surface area (Å²) in [7, 11) is 6.55. The van der Waals surface area contributed by atoms with Crippen molar-refractivity contribution in [2.24, 2.45) is 0 Å². The van der Waals surface area contributed by atoms with Crippen LogP contribution in [0.4, 0.5) is 0 Å². The first-order valence-corrected chi connectivity index (χ1v) is 19.2. The fraction of sp³-hybridized carbons (Fsp3) is 0.488. The maximum absolute atomic E-state index is 12.5. The summed E-state index contributed by atoms with van der Waals surface area (Å²) in [6, 6.07) is 16.2. The monoisotopic (exact) mass is 760 g/mol. The molecule has 0 radical (unpaired) electrons. The van der Waals surface area contributed by atoms with E-state index in [-0.39, 0.29) is 26.0 Å². The van der Waals surface area contributed by atoms with Crippen LogP contribution < -0.4 is 28.4 Å². The molecular weight excluding hydrogens is 704 g/mol. The average molecular weight is 761 g/mol. The highest BCUT2D eigenvalue weighted by Gasteiger charge is 2.29. The Morgan fingerprint density at radius 2 is 1.40 bits per heavy atom. The molecule has 5 rings (SSSR count). The van der Waals surface area contributed by atoms with Gasteiger partial charge >= 0.3 is 11.9 Å². The molecule has 12 heteroatoms. The van der Waals surface area contributed by atoms with E-state index >= 15 is 0 Å². The summed E-state index contributed by atoms with van der Waals surface area (Å²) in [6.45, 7) is 6.95. The van der Waals surface area contributed by atoms with Gasteiger partial charge in [0.25, 0.3) is 0 Å². The van der Waals surface area contributed by atoms with E-state index < -0.39 is 11.9 Å². The van der Waals surface area contributed by atoms with E-state index in [1.54, 1.807) is 28.4 Å². The Labute approximate surface area is 325 Å². The van der Waals surface area contributed by atoms with E-state index in [1.165, 1.54) is 11.1 Å². The molecule has 2 heterocycles. The summed E-state index contributed by atoms with van der Waals surface area (Å²) in [5.41, 5.74) is 4.64. The maximum atomic E-state index is 12.5. The van der Waals surface area contributed by atoms with Crippen molar-refractivity contribution in [2.75, 3.05) is 74.6 Å². The zero-order valence-electron chi connectivity index (χ0n) is 32.9. The van der Waals surface area contributed by atoms with Crippen LogP contribution >= 0.6 is 0 Å². The third-order valence-corrected chi connectivity index (χ3v) is 9.96. The summed E-state index contributed by atoms with van der Waals surface area (Å²) in [5.74, 6) is 3.15. The number of carbonyl (C=O) groups is 2. The predicted octanol–water partition coefficient (Wildman–Crippen LogP) is 6.71. The third-order valence-electron chi connectivity index (χ3n) is 9.96. The lowest BCUT2D eigenvalue weighted by atomic mass is 9.88. The minimum absolute atomic E-state index is 0.0408. The number of carbonyl (C=O) groups excluding carboxylic acids is 2. The van der Waals surface area contributed by atoms with E-state index in [0.717, 1.165) is 93.1 Å². The smallest absolute Gasteiger partial charge is 0.331 e. The van der Waals surface area contributed by atoms with Gasteiger partial charge < -0.3 is 37.9 Å². The molecule has 0 fully saturated rings. The van der Waals surface area contributed by atoms with Crippen LogP contribution in [0.25, 0.3) is 0 Å². The van der Waals surface area contributed by atoms with Gasteiger partial charge in [0.15, 0.2) is 34.5 Å². The molecule has 0 saturated heterocycles. The fourth-order valence-corrected chi connectivity index (χ4v) is 7.10. The Bertz CT molecular complexity index is 1740. The predicted molar refractivity (Wildman–Crippen MR) is 208 cm³/mol. The Balaban J connectivity index is 1.08. The molecule has 0 spiro atoms. The van der Waals surface area contributed by atoms with E-state index in [2.05, 4.69) is 41.0 Å².